The van der Waals surface area contributed by atoms with Crippen LogP contribution < -0.4 is 0 Å². The van der Waals surface area contributed by atoms with Crippen molar-refractivity contribution >= 4 is 23.1 Å². The van der Waals surface area contributed by atoms with Gasteiger partial charge in [-0.05, 0) is 49.3 Å². The number of hydrogen-bond donors (Lipinski definition) is 4. The maximum absolute atomic E-state index is 14.1. The molecule has 1 unspecified atom stereocenters. The monoisotopic (exact) mass is 468 g/mol. The minimum absolute atomic E-state index is 0.101. The van der Waals surface area contributed by atoms with Gasteiger partial charge in [0.15, 0.2) is 17.2 Å². The van der Waals surface area contributed by atoms with Crippen LogP contribution in [-0.2, 0) is 27.2 Å². The van der Waals surface area contributed by atoms with Gasteiger partial charge in [-0.15, -0.1) is 0 Å². The highest BCUT2D eigenvalue weighted by Crippen LogP contribution is 2.65. The van der Waals surface area contributed by atoms with Crippen LogP contribution in [0.5, 0.6) is 5.75 Å². The average molecular weight is 469 g/mol. The van der Waals surface area contributed by atoms with E-state index in [4.69, 9.17) is 0 Å². The highest BCUT2D eigenvalue weighted by atomic mass is 16.3. The zero-order chi connectivity index (χ0) is 25.5. The Morgan fingerprint density at radius 1 is 1.15 bits per heavy atom. The lowest BCUT2D eigenvalue weighted by atomic mass is 9.43. The van der Waals surface area contributed by atoms with Crippen LogP contribution in [0, 0.1) is 22.7 Å². The summed E-state index contributed by atoms with van der Waals surface area (Å²) in [4.78, 5) is 39.9. The molecular formula is C27H32O7. The van der Waals surface area contributed by atoms with Gasteiger partial charge in [0.05, 0.1) is 5.56 Å². The average Bonchev–Trinajstić information content (AvgIpc) is 2.70. The number of aromatic hydroxyl groups is 1. The van der Waals surface area contributed by atoms with Crippen molar-refractivity contribution in [3.8, 4) is 5.75 Å². The van der Waals surface area contributed by atoms with Crippen molar-refractivity contribution < 1.29 is 34.8 Å². The Morgan fingerprint density at radius 3 is 2.29 bits per heavy atom. The number of phenolic OH excluding ortho intramolecular Hbond substituents is 1. The van der Waals surface area contributed by atoms with E-state index < -0.39 is 56.8 Å². The minimum atomic E-state index is -2.57. The Morgan fingerprint density at radius 2 is 1.76 bits per heavy atom. The summed E-state index contributed by atoms with van der Waals surface area (Å²) in [6.45, 7) is 10.1. The fraction of sp³-hybridized carbons (Fsp3) is 0.519. The fourth-order valence-corrected chi connectivity index (χ4v) is 7.11. The molecule has 1 aromatic carbocycles. The molecule has 1 aromatic rings. The number of ketones is 3. The number of phenols is 1. The topological polar surface area (TPSA) is 132 Å². The third-order valence-electron chi connectivity index (χ3n) is 8.37. The van der Waals surface area contributed by atoms with E-state index in [2.05, 4.69) is 0 Å². The first-order valence-electron chi connectivity index (χ1n) is 11.7. The molecule has 34 heavy (non-hydrogen) atoms. The number of aliphatic hydroxyl groups excluding tert-OH is 2. The van der Waals surface area contributed by atoms with Gasteiger partial charge in [-0.25, -0.2) is 0 Å². The number of carbonyl (C=O) groups is 3. The maximum atomic E-state index is 14.1. The molecule has 0 saturated heterocycles. The molecule has 3 aliphatic carbocycles. The number of aliphatic hydroxyl groups is 3. The predicted molar refractivity (Wildman–Crippen MR) is 125 cm³/mol. The summed E-state index contributed by atoms with van der Waals surface area (Å²) in [5, 5.41) is 44.9. The van der Waals surface area contributed by atoms with Crippen LogP contribution in [0.1, 0.15) is 64.7 Å². The summed E-state index contributed by atoms with van der Waals surface area (Å²) >= 11 is 0. The van der Waals surface area contributed by atoms with Crippen molar-refractivity contribution in [1.82, 2.24) is 0 Å². The van der Waals surface area contributed by atoms with Crippen molar-refractivity contribution in [2.45, 2.75) is 66.4 Å². The quantitative estimate of drug-likeness (QED) is 0.497. The Hall–Kier alpha value is -2.93. The maximum Gasteiger partial charge on any atom is 0.203 e. The molecule has 4 rings (SSSR count). The van der Waals surface area contributed by atoms with Gasteiger partial charge in [-0.1, -0.05) is 40.7 Å². The molecule has 0 aromatic heterocycles. The van der Waals surface area contributed by atoms with Gasteiger partial charge in [0.2, 0.25) is 5.78 Å². The Balaban J connectivity index is 2.10. The van der Waals surface area contributed by atoms with Gasteiger partial charge < -0.3 is 20.4 Å². The molecule has 4 atom stereocenters. The van der Waals surface area contributed by atoms with Gasteiger partial charge in [0.25, 0.3) is 0 Å². The van der Waals surface area contributed by atoms with Gasteiger partial charge in [0.1, 0.15) is 22.8 Å². The molecule has 0 amide bonds. The number of benzene rings is 1. The van der Waals surface area contributed by atoms with Crippen LogP contribution in [0.2, 0.25) is 0 Å². The van der Waals surface area contributed by atoms with E-state index in [1.165, 1.54) is 6.07 Å². The Labute approximate surface area is 198 Å². The van der Waals surface area contributed by atoms with E-state index in [-0.39, 0.29) is 29.2 Å². The second-order valence-electron chi connectivity index (χ2n) is 10.9. The first-order chi connectivity index (χ1) is 15.7. The molecule has 7 heteroatoms. The highest BCUT2D eigenvalue weighted by molar-refractivity contribution is 6.24. The molecule has 0 radical (unpaired) electrons. The summed E-state index contributed by atoms with van der Waals surface area (Å²) in [5.74, 6) is -5.08. The lowest BCUT2D eigenvalue weighted by Gasteiger charge is -2.59. The van der Waals surface area contributed by atoms with Crippen molar-refractivity contribution in [1.29, 1.82) is 0 Å². The lowest BCUT2D eigenvalue weighted by Crippen LogP contribution is -2.69. The highest BCUT2D eigenvalue weighted by Gasteiger charge is 2.72. The first kappa shape index (κ1) is 24.2. The van der Waals surface area contributed by atoms with Gasteiger partial charge in [0, 0.05) is 22.3 Å². The van der Waals surface area contributed by atoms with E-state index in [1.54, 1.807) is 33.8 Å². The van der Waals surface area contributed by atoms with Crippen molar-refractivity contribution in [2.75, 3.05) is 0 Å². The van der Waals surface area contributed by atoms with Crippen LogP contribution in [0.15, 0.2) is 29.0 Å². The van der Waals surface area contributed by atoms with E-state index >= 15 is 0 Å². The molecule has 0 bridgehead atoms. The van der Waals surface area contributed by atoms with E-state index in [0.717, 1.165) is 18.1 Å². The number of hydrogen-bond acceptors (Lipinski definition) is 7. The number of allylic oxidation sites excluding steroid dienone is 1. The standard InChI is InChI=1S/C27H32O7/c1-7-14-8-9-16(29)18-15(14)10-25(5)11-26(6)19(12(2)3)21(30)17(13(4)28)23(32)27(26,34)24(33)20(25)22(18)31/h8-9,12,19,29,31-32,34H,7,10-11H2,1-6H3/t19?,25-,26-,27+/m1/s1. The molecule has 182 valence electrons. The molecule has 1 saturated carbocycles. The zero-order valence-corrected chi connectivity index (χ0v) is 20.4. The molecule has 1 fully saturated rings. The van der Waals surface area contributed by atoms with Gasteiger partial charge in [-0.3, -0.25) is 14.4 Å². The van der Waals surface area contributed by atoms with Crippen molar-refractivity contribution in [3.63, 3.8) is 0 Å². The summed E-state index contributed by atoms with van der Waals surface area (Å²) in [7, 11) is 0. The lowest BCUT2D eigenvalue weighted by molar-refractivity contribution is -0.178. The number of fused-ring (bicyclic) bond motifs is 3. The molecule has 4 N–H and O–H groups in total. The number of Topliss-reactive ketones (excluding diaryl/α,β-unsaturated/α-hetero) is 3. The predicted octanol–water partition coefficient (Wildman–Crippen LogP) is 3.75. The normalized spacial score (nSPS) is 33.1. The minimum Gasteiger partial charge on any atom is -0.508 e. The molecule has 0 aliphatic heterocycles. The molecular weight excluding hydrogens is 436 g/mol. The SMILES string of the molecule is CCc1ccc(O)c2c1C[C@]1(C)C[C@]3(C)C(C(C)C)C(=O)C(C(C)=O)=C(O)[C@]3(O)C(=O)C1=C2O. The number of rotatable bonds is 3. The zero-order valence-electron chi connectivity index (χ0n) is 20.4. The van der Waals surface area contributed by atoms with Crippen LogP contribution in [0.3, 0.4) is 0 Å². The van der Waals surface area contributed by atoms with Crippen LogP contribution >= 0.6 is 0 Å². The van der Waals surface area contributed by atoms with Crippen LogP contribution in [-0.4, -0.2) is 43.4 Å². The van der Waals surface area contributed by atoms with Crippen molar-refractivity contribution in [3.05, 3.63) is 45.7 Å². The summed E-state index contributed by atoms with van der Waals surface area (Å²) < 4.78 is 0. The van der Waals surface area contributed by atoms with Crippen molar-refractivity contribution in [2.24, 2.45) is 22.7 Å². The summed E-state index contributed by atoms with van der Waals surface area (Å²) in [5.41, 5.74) is -3.87. The second-order valence-corrected chi connectivity index (χ2v) is 10.9. The van der Waals surface area contributed by atoms with Gasteiger partial charge in [-0.2, -0.15) is 0 Å². The summed E-state index contributed by atoms with van der Waals surface area (Å²) in [6, 6.07) is 3.25. The Bertz CT molecular complexity index is 1220. The third kappa shape index (κ3) is 2.70. The first-order valence-corrected chi connectivity index (χ1v) is 11.7. The smallest absolute Gasteiger partial charge is 0.203 e. The van der Waals surface area contributed by atoms with E-state index in [1.807, 2.05) is 6.92 Å². The molecule has 0 spiro atoms. The van der Waals surface area contributed by atoms with Gasteiger partial charge >= 0.3 is 0 Å². The van der Waals surface area contributed by atoms with E-state index in [0.29, 0.717) is 12.8 Å². The Kier molecular flexibility index (Phi) is 5.18. The second kappa shape index (κ2) is 7.28. The van der Waals surface area contributed by atoms with Crippen LogP contribution in [0.4, 0.5) is 0 Å². The molecule has 0 heterocycles. The largest absolute Gasteiger partial charge is 0.508 e. The third-order valence-corrected chi connectivity index (χ3v) is 8.37. The summed E-state index contributed by atoms with van der Waals surface area (Å²) in [6.07, 6.45) is 1.05. The fourth-order valence-electron chi connectivity index (χ4n) is 7.11. The number of carbonyl (C=O) groups excluding carboxylic acids is 3. The van der Waals surface area contributed by atoms with E-state index in [9.17, 15) is 34.8 Å². The molecule has 7 nitrogen and oxygen atoms in total. The number of aryl methyl sites for hydroxylation is 1. The molecule has 3 aliphatic rings. The van der Waals surface area contributed by atoms with Crippen LogP contribution in [0.25, 0.3) is 5.76 Å².